The minimum atomic E-state index is -2.92. The van der Waals surface area contributed by atoms with Gasteiger partial charge in [-0.25, -0.2) is 0 Å². The molecule has 0 bridgehead atoms. The number of nitrogens with zero attached hydrogens (tertiary/aromatic N) is 2. The van der Waals surface area contributed by atoms with Crippen LogP contribution in [0.1, 0.15) is 11.1 Å². The summed E-state index contributed by atoms with van der Waals surface area (Å²) in [5.41, 5.74) is 2.94. The Morgan fingerprint density at radius 3 is 2.68 bits per heavy atom. The Labute approximate surface area is 171 Å². The molecule has 0 atom stereocenters. The molecule has 0 aliphatic rings. The zero-order valence-electron chi connectivity index (χ0n) is 14.8. The molecule has 1 aromatic heterocycles. The summed E-state index contributed by atoms with van der Waals surface area (Å²) in [7, 11) is 0. The first-order valence-corrected chi connectivity index (χ1v) is 9.08. The molecule has 0 aliphatic heterocycles. The second-order valence-corrected chi connectivity index (χ2v) is 6.85. The summed E-state index contributed by atoms with van der Waals surface area (Å²) in [6.07, 6.45) is 3.41. The molecule has 0 saturated heterocycles. The van der Waals surface area contributed by atoms with Crippen LogP contribution in [-0.2, 0) is 6.54 Å². The first-order chi connectivity index (χ1) is 13.4. The van der Waals surface area contributed by atoms with E-state index in [4.69, 9.17) is 23.8 Å². The van der Waals surface area contributed by atoms with E-state index >= 15 is 0 Å². The second-order valence-electron chi connectivity index (χ2n) is 6.01. The van der Waals surface area contributed by atoms with Gasteiger partial charge in [-0.1, -0.05) is 29.8 Å². The SMILES string of the molecule is Cc1ccc(OC(F)F)c(NC(=S)Nc2cnn(Cc3ccc(Cl)cc3)c2)c1. The predicted molar refractivity (Wildman–Crippen MR) is 110 cm³/mol. The number of aromatic nitrogens is 2. The third-order valence-electron chi connectivity index (χ3n) is 3.75. The van der Waals surface area contributed by atoms with Crippen molar-refractivity contribution in [2.45, 2.75) is 20.1 Å². The average Bonchev–Trinajstić information content (AvgIpc) is 3.05. The van der Waals surface area contributed by atoms with Gasteiger partial charge in [0.15, 0.2) is 5.11 Å². The number of rotatable bonds is 6. The van der Waals surface area contributed by atoms with Crippen LogP contribution in [0.5, 0.6) is 5.75 Å². The van der Waals surface area contributed by atoms with Crippen molar-refractivity contribution < 1.29 is 13.5 Å². The molecule has 28 heavy (non-hydrogen) atoms. The van der Waals surface area contributed by atoms with Gasteiger partial charge in [0.1, 0.15) is 5.75 Å². The largest absolute Gasteiger partial charge is 0.433 e. The Balaban J connectivity index is 1.63. The van der Waals surface area contributed by atoms with Crippen LogP contribution in [0, 0.1) is 6.92 Å². The van der Waals surface area contributed by atoms with Gasteiger partial charge in [-0.3, -0.25) is 4.68 Å². The maximum Gasteiger partial charge on any atom is 0.387 e. The van der Waals surface area contributed by atoms with Crippen LogP contribution in [0.3, 0.4) is 0 Å². The minimum absolute atomic E-state index is 0.0168. The highest BCUT2D eigenvalue weighted by molar-refractivity contribution is 7.80. The fraction of sp³-hybridized carbons (Fsp3) is 0.158. The molecule has 0 radical (unpaired) electrons. The molecule has 3 aromatic rings. The van der Waals surface area contributed by atoms with Crippen molar-refractivity contribution in [1.29, 1.82) is 0 Å². The fourth-order valence-corrected chi connectivity index (χ4v) is 2.87. The second kappa shape index (κ2) is 8.99. The van der Waals surface area contributed by atoms with Gasteiger partial charge in [0.05, 0.1) is 24.1 Å². The first kappa shape index (κ1) is 20.0. The smallest absolute Gasteiger partial charge is 0.387 e. The van der Waals surface area contributed by atoms with Crippen LogP contribution in [0.25, 0.3) is 0 Å². The number of hydrogen-bond acceptors (Lipinski definition) is 3. The lowest BCUT2D eigenvalue weighted by atomic mass is 10.2. The molecular weight excluding hydrogens is 406 g/mol. The Morgan fingerprint density at radius 1 is 1.21 bits per heavy atom. The molecular formula is C19H17ClF2N4OS. The Hall–Kier alpha value is -2.71. The lowest BCUT2D eigenvalue weighted by Gasteiger charge is -2.14. The Morgan fingerprint density at radius 2 is 1.96 bits per heavy atom. The van der Waals surface area contributed by atoms with Gasteiger partial charge < -0.3 is 15.4 Å². The highest BCUT2D eigenvalue weighted by Gasteiger charge is 2.11. The topological polar surface area (TPSA) is 51.1 Å². The summed E-state index contributed by atoms with van der Waals surface area (Å²) in [5.74, 6) is 0.0168. The van der Waals surface area contributed by atoms with Crippen molar-refractivity contribution >= 4 is 40.3 Å². The monoisotopic (exact) mass is 422 g/mol. The number of nitrogens with one attached hydrogen (secondary N) is 2. The molecule has 1 heterocycles. The van der Waals surface area contributed by atoms with Crippen LogP contribution in [-0.4, -0.2) is 21.5 Å². The van der Waals surface area contributed by atoms with E-state index in [1.54, 1.807) is 29.2 Å². The van der Waals surface area contributed by atoms with Crippen molar-refractivity contribution in [3.63, 3.8) is 0 Å². The Bertz CT molecular complexity index is 963. The van der Waals surface area contributed by atoms with E-state index in [0.717, 1.165) is 11.1 Å². The summed E-state index contributed by atoms with van der Waals surface area (Å²) >= 11 is 11.2. The van der Waals surface area contributed by atoms with Crippen LogP contribution in [0.15, 0.2) is 54.9 Å². The third kappa shape index (κ3) is 5.64. The quantitative estimate of drug-likeness (QED) is 0.528. The van der Waals surface area contributed by atoms with Crippen molar-refractivity contribution in [1.82, 2.24) is 9.78 Å². The first-order valence-electron chi connectivity index (χ1n) is 8.29. The van der Waals surface area contributed by atoms with Gasteiger partial charge in [-0.15, -0.1) is 0 Å². The van der Waals surface area contributed by atoms with E-state index in [0.29, 0.717) is 22.9 Å². The van der Waals surface area contributed by atoms with Crippen molar-refractivity contribution in [2.75, 3.05) is 10.6 Å². The number of halogens is 3. The zero-order chi connectivity index (χ0) is 20.1. The number of hydrogen-bond donors (Lipinski definition) is 2. The molecule has 146 valence electrons. The van der Waals surface area contributed by atoms with Gasteiger partial charge in [0, 0.05) is 11.2 Å². The molecule has 0 fully saturated rings. The molecule has 2 N–H and O–H groups in total. The number of ether oxygens (including phenoxy) is 1. The highest BCUT2D eigenvalue weighted by atomic mass is 35.5. The fourth-order valence-electron chi connectivity index (χ4n) is 2.52. The van der Waals surface area contributed by atoms with Gasteiger partial charge in [0.25, 0.3) is 0 Å². The number of alkyl halides is 2. The van der Waals surface area contributed by atoms with Crippen molar-refractivity contribution in [2.24, 2.45) is 0 Å². The predicted octanol–water partition coefficient (Wildman–Crippen LogP) is 5.30. The summed E-state index contributed by atoms with van der Waals surface area (Å²) < 4.78 is 31.4. The van der Waals surface area contributed by atoms with Crippen molar-refractivity contribution in [3.8, 4) is 5.75 Å². The summed E-state index contributed by atoms with van der Waals surface area (Å²) in [6, 6.07) is 12.3. The molecule has 0 saturated carbocycles. The molecule has 0 aliphatic carbocycles. The van der Waals surface area contributed by atoms with E-state index in [9.17, 15) is 8.78 Å². The van der Waals surface area contributed by atoms with Crippen molar-refractivity contribution in [3.05, 3.63) is 71.0 Å². The van der Waals surface area contributed by atoms with E-state index < -0.39 is 6.61 Å². The maximum absolute atomic E-state index is 12.6. The highest BCUT2D eigenvalue weighted by Crippen LogP contribution is 2.27. The molecule has 0 spiro atoms. The minimum Gasteiger partial charge on any atom is -0.433 e. The summed E-state index contributed by atoms with van der Waals surface area (Å²) in [5, 5.41) is 11.0. The van der Waals surface area contributed by atoms with E-state index in [1.807, 2.05) is 31.2 Å². The number of thiocarbonyl (C=S) groups is 1. The molecule has 0 unspecified atom stereocenters. The third-order valence-corrected chi connectivity index (χ3v) is 4.20. The van der Waals surface area contributed by atoms with E-state index in [2.05, 4.69) is 20.5 Å². The molecule has 3 rings (SSSR count). The molecule has 5 nitrogen and oxygen atoms in total. The molecule has 0 amide bonds. The lowest BCUT2D eigenvalue weighted by Crippen LogP contribution is -2.19. The average molecular weight is 423 g/mol. The molecule has 9 heteroatoms. The maximum atomic E-state index is 12.6. The Kier molecular flexibility index (Phi) is 6.43. The van der Waals surface area contributed by atoms with Gasteiger partial charge >= 0.3 is 6.61 Å². The standard InChI is InChI=1S/C19H17ClF2N4OS/c1-12-2-7-17(27-18(21)22)16(8-12)25-19(28)24-15-9-23-26(11-15)10-13-3-5-14(20)6-4-13/h2-9,11,18H,10H2,1H3,(H2,24,25,28). The van der Waals surface area contributed by atoms with Gasteiger partial charge in [0.2, 0.25) is 0 Å². The van der Waals surface area contributed by atoms with Gasteiger partial charge in [-0.2, -0.15) is 13.9 Å². The van der Waals surface area contributed by atoms with Gasteiger partial charge in [-0.05, 0) is 54.5 Å². The number of benzene rings is 2. The molecule has 2 aromatic carbocycles. The zero-order valence-corrected chi connectivity index (χ0v) is 16.4. The van der Waals surface area contributed by atoms with E-state index in [-0.39, 0.29) is 10.9 Å². The summed E-state index contributed by atoms with van der Waals surface area (Å²) in [4.78, 5) is 0. The van der Waals surface area contributed by atoms with E-state index in [1.165, 1.54) is 6.07 Å². The summed E-state index contributed by atoms with van der Waals surface area (Å²) in [6.45, 7) is -0.506. The van der Waals surface area contributed by atoms with Crippen LogP contribution in [0.2, 0.25) is 5.02 Å². The number of aryl methyl sites for hydroxylation is 1. The lowest BCUT2D eigenvalue weighted by molar-refractivity contribution is -0.0493. The number of anilines is 2. The van der Waals surface area contributed by atoms with Crippen LogP contribution >= 0.6 is 23.8 Å². The van der Waals surface area contributed by atoms with Crippen LogP contribution in [0.4, 0.5) is 20.2 Å². The van der Waals surface area contributed by atoms with Crippen LogP contribution < -0.4 is 15.4 Å². The normalized spacial score (nSPS) is 10.8.